The molecule has 0 fully saturated rings. The molecule has 0 aromatic rings. The minimum atomic E-state index is -0.711. The van der Waals surface area contributed by atoms with Crippen molar-refractivity contribution in [2.45, 2.75) is 71.6 Å². The van der Waals surface area contributed by atoms with Crippen molar-refractivity contribution in [1.82, 2.24) is 0 Å². The second-order valence-electron chi connectivity index (χ2n) is 6.11. The first-order valence-electron chi connectivity index (χ1n) is 8.97. The molecule has 0 aliphatic heterocycles. The van der Waals surface area contributed by atoms with Crippen LogP contribution in [0.25, 0.3) is 0 Å². The van der Waals surface area contributed by atoms with E-state index in [9.17, 15) is 4.79 Å². The molecular formula is C20H33O4Ti. The molecule has 0 bridgehead atoms. The molecule has 1 unspecified atom stereocenters. The number of carboxylic acid groups (broad SMARTS) is 1. The van der Waals surface area contributed by atoms with Crippen LogP contribution < -0.4 is 10.2 Å². The second-order valence-corrected chi connectivity index (χ2v) is 6.11. The number of hydrogen-bond donors (Lipinski definition) is 1. The number of hydrogen-bond acceptors (Lipinski definition) is 3. The Labute approximate surface area is 168 Å². The Morgan fingerprint density at radius 3 is 2.16 bits per heavy atom. The molecule has 3 rings (SSSR count). The van der Waals surface area contributed by atoms with Gasteiger partial charge in [0.05, 0.1) is 0 Å². The first-order chi connectivity index (χ1) is 11.6. The van der Waals surface area contributed by atoms with E-state index < -0.39 is 5.97 Å². The summed E-state index contributed by atoms with van der Waals surface area (Å²) >= 11 is 0. The fraction of sp³-hybridized carbons (Fsp3) is 0.700. The minimum Gasteiger partial charge on any atom is -0.857 e. The van der Waals surface area contributed by atoms with Crippen LogP contribution in [0.1, 0.15) is 71.6 Å². The van der Waals surface area contributed by atoms with Crippen molar-refractivity contribution in [3.8, 4) is 0 Å². The SMILES string of the molecule is CC1C2=C(CCC[CH-]2)C2=C1CCCC2.CCCC(=O)O.C[O-].C[O-].[Ti+3]. The minimum absolute atomic E-state index is 0. The van der Waals surface area contributed by atoms with Gasteiger partial charge in [0.2, 0.25) is 0 Å². The molecule has 3 aliphatic rings. The van der Waals surface area contributed by atoms with Crippen LogP contribution in [-0.2, 0) is 26.5 Å². The summed E-state index contributed by atoms with van der Waals surface area (Å²) in [6.07, 6.45) is 13.3. The van der Waals surface area contributed by atoms with Crippen LogP contribution in [0, 0.1) is 12.3 Å². The van der Waals surface area contributed by atoms with Crippen LogP contribution in [0.2, 0.25) is 0 Å². The van der Waals surface area contributed by atoms with Gasteiger partial charge in [-0.2, -0.15) is 19.8 Å². The molecule has 0 aromatic heterocycles. The van der Waals surface area contributed by atoms with Gasteiger partial charge in [-0.1, -0.05) is 38.7 Å². The predicted molar refractivity (Wildman–Crippen MR) is 94.2 cm³/mol. The quantitative estimate of drug-likeness (QED) is 0.585. The summed E-state index contributed by atoms with van der Waals surface area (Å²) in [6.45, 7) is 4.26. The molecule has 0 spiro atoms. The van der Waals surface area contributed by atoms with Crippen LogP contribution in [0.15, 0.2) is 22.3 Å². The summed E-state index contributed by atoms with van der Waals surface area (Å²) in [5.74, 6) is 0.0677. The molecule has 25 heavy (non-hydrogen) atoms. The van der Waals surface area contributed by atoms with E-state index >= 15 is 0 Å². The topological polar surface area (TPSA) is 83.4 Å². The van der Waals surface area contributed by atoms with Crippen molar-refractivity contribution in [3.63, 3.8) is 0 Å². The average Bonchev–Trinajstić information content (AvgIpc) is 2.93. The van der Waals surface area contributed by atoms with Gasteiger partial charge in [0, 0.05) is 6.42 Å². The first kappa shape index (κ1) is 26.7. The van der Waals surface area contributed by atoms with Gasteiger partial charge in [-0.25, -0.2) is 12.0 Å². The van der Waals surface area contributed by atoms with Crippen LogP contribution in [0.5, 0.6) is 0 Å². The predicted octanol–water partition coefficient (Wildman–Crippen LogP) is 3.01. The number of rotatable bonds is 2. The maximum atomic E-state index is 9.60. The summed E-state index contributed by atoms with van der Waals surface area (Å²) in [6, 6.07) is 0. The van der Waals surface area contributed by atoms with Crippen molar-refractivity contribution >= 4 is 5.97 Å². The Hall–Kier alpha value is -0.546. The summed E-state index contributed by atoms with van der Waals surface area (Å²) < 4.78 is 0. The zero-order valence-electron chi connectivity index (χ0n) is 16.2. The van der Waals surface area contributed by atoms with Crippen molar-refractivity contribution < 1.29 is 41.8 Å². The normalized spacial score (nSPS) is 20.0. The molecule has 1 radical (unpaired) electrons. The van der Waals surface area contributed by atoms with E-state index in [1.807, 2.05) is 6.92 Å². The molecule has 3 aliphatic carbocycles. The van der Waals surface area contributed by atoms with E-state index in [-0.39, 0.29) is 21.7 Å². The van der Waals surface area contributed by atoms with E-state index in [1.54, 1.807) is 22.3 Å². The van der Waals surface area contributed by atoms with Gasteiger partial charge < -0.3 is 15.3 Å². The molecule has 4 nitrogen and oxygen atoms in total. The van der Waals surface area contributed by atoms with Crippen molar-refractivity contribution in [2.75, 3.05) is 14.2 Å². The molecule has 0 aromatic carbocycles. The van der Waals surface area contributed by atoms with E-state index in [0.717, 1.165) is 26.6 Å². The van der Waals surface area contributed by atoms with E-state index in [4.69, 9.17) is 15.3 Å². The van der Waals surface area contributed by atoms with Crippen LogP contribution in [0.4, 0.5) is 0 Å². The Morgan fingerprint density at radius 1 is 1.08 bits per heavy atom. The fourth-order valence-electron chi connectivity index (χ4n) is 3.72. The zero-order chi connectivity index (χ0) is 18.5. The van der Waals surface area contributed by atoms with Crippen LogP contribution in [-0.4, -0.2) is 25.3 Å². The number of carboxylic acids is 1. The summed E-state index contributed by atoms with van der Waals surface area (Å²) in [5, 5.41) is 24.4. The summed E-state index contributed by atoms with van der Waals surface area (Å²) in [7, 11) is 1.50. The van der Waals surface area contributed by atoms with Gasteiger partial charge in [0.25, 0.3) is 0 Å². The first-order valence-corrected chi connectivity index (χ1v) is 8.97. The molecular weight excluding hydrogens is 352 g/mol. The fourth-order valence-corrected chi connectivity index (χ4v) is 3.72. The summed E-state index contributed by atoms with van der Waals surface area (Å²) in [5.41, 5.74) is 7.07. The van der Waals surface area contributed by atoms with Gasteiger partial charge in [-0.3, -0.25) is 4.79 Å². The van der Waals surface area contributed by atoms with E-state index in [2.05, 4.69) is 13.3 Å². The number of carbonyl (C=O) groups is 1. The maximum absolute atomic E-state index is 9.60. The monoisotopic (exact) mass is 385 g/mol. The molecule has 0 saturated heterocycles. The number of aliphatic carboxylic acids is 1. The van der Waals surface area contributed by atoms with Crippen molar-refractivity contribution in [1.29, 1.82) is 0 Å². The Morgan fingerprint density at radius 2 is 1.64 bits per heavy atom. The standard InChI is InChI=1S/C14H19.C4H8O2.2CH3O.Ti/c1-10-11-6-2-4-8-13(11)14-9-5-3-7-12(10)14;1-2-3-4(5)6;2*1-2;/h6,10H,2-5,7-9H2,1H3;2-3H2,1H3,(H,5,6);2*1H3;/q-1;;2*-1;+3. The number of allylic oxidation sites excluding steroid dienone is 4. The van der Waals surface area contributed by atoms with Gasteiger partial charge in [-0.05, 0) is 31.6 Å². The third kappa shape index (κ3) is 8.12. The molecule has 0 saturated carbocycles. The Bertz CT molecular complexity index is 409. The molecule has 1 atom stereocenters. The zero-order valence-corrected chi connectivity index (χ0v) is 17.8. The molecule has 141 valence electrons. The molecule has 0 heterocycles. The Balaban J connectivity index is 0. The van der Waals surface area contributed by atoms with Crippen LogP contribution >= 0.6 is 0 Å². The second kappa shape index (κ2) is 15.7. The van der Waals surface area contributed by atoms with Crippen molar-refractivity contribution in [3.05, 3.63) is 28.7 Å². The van der Waals surface area contributed by atoms with E-state index in [0.29, 0.717) is 6.42 Å². The largest absolute Gasteiger partial charge is 3.00 e. The third-order valence-corrected chi connectivity index (χ3v) is 4.67. The maximum Gasteiger partial charge on any atom is 3.00 e. The smallest absolute Gasteiger partial charge is 0.857 e. The van der Waals surface area contributed by atoms with Crippen molar-refractivity contribution in [2.24, 2.45) is 5.92 Å². The molecule has 1 N–H and O–H groups in total. The average molecular weight is 385 g/mol. The summed E-state index contributed by atoms with van der Waals surface area (Å²) in [4.78, 5) is 9.60. The van der Waals surface area contributed by atoms with Gasteiger partial charge in [-0.15, -0.1) is 12.0 Å². The Kier molecular flexibility index (Phi) is 16.7. The molecule has 0 amide bonds. The van der Waals surface area contributed by atoms with Crippen LogP contribution in [0.3, 0.4) is 0 Å². The van der Waals surface area contributed by atoms with Gasteiger partial charge >= 0.3 is 27.7 Å². The van der Waals surface area contributed by atoms with Gasteiger partial charge in [0.15, 0.2) is 0 Å². The van der Waals surface area contributed by atoms with Gasteiger partial charge in [0.1, 0.15) is 0 Å². The molecule has 5 heteroatoms. The third-order valence-electron chi connectivity index (χ3n) is 4.67. The number of fused-ring (bicyclic) bond motifs is 1. The van der Waals surface area contributed by atoms with E-state index in [1.165, 1.54) is 44.9 Å².